The number of hydrogen-bond acceptors (Lipinski definition) is 4. The normalized spacial score (nSPS) is 16.9. The lowest BCUT2D eigenvalue weighted by Crippen LogP contribution is -2.32. The van der Waals surface area contributed by atoms with Crippen molar-refractivity contribution >= 4 is 11.8 Å². The van der Waals surface area contributed by atoms with E-state index in [1.54, 1.807) is 24.3 Å². The van der Waals surface area contributed by atoms with Crippen LogP contribution in [-0.4, -0.2) is 36.3 Å². The van der Waals surface area contributed by atoms with E-state index in [1.807, 2.05) is 6.07 Å². The van der Waals surface area contributed by atoms with Crippen LogP contribution in [0, 0.1) is 0 Å². The highest BCUT2D eigenvalue weighted by molar-refractivity contribution is 5.90. The molecule has 0 atom stereocenters. The fraction of sp³-hybridized carbons (Fsp3) is 0.467. The summed E-state index contributed by atoms with van der Waals surface area (Å²) in [7, 11) is 0. The Bertz CT molecular complexity index is 453. The Hall–Kier alpha value is -1.88. The molecule has 1 heterocycles. The van der Waals surface area contributed by atoms with Crippen molar-refractivity contribution in [3.05, 3.63) is 35.9 Å². The molecule has 1 aromatic rings. The maximum Gasteiger partial charge on any atom is 0.365 e. The van der Waals surface area contributed by atoms with Gasteiger partial charge in [-0.05, 0) is 38.1 Å². The third kappa shape index (κ3) is 4.66. The van der Waals surface area contributed by atoms with Crippen LogP contribution in [0.2, 0.25) is 0 Å². The fourth-order valence-corrected chi connectivity index (χ4v) is 2.23. The number of benzene rings is 1. The van der Waals surface area contributed by atoms with Crippen LogP contribution in [0.1, 0.15) is 36.0 Å². The molecule has 0 spiro atoms. The van der Waals surface area contributed by atoms with Gasteiger partial charge in [0.05, 0.1) is 5.56 Å². The third-order valence-electron chi connectivity index (χ3n) is 3.39. The SMILES string of the molecule is N/C(CCN1CCCCC1)=N\OC(=O)c1ccccc1. The molecule has 1 saturated heterocycles. The van der Waals surface area contributed by atoms with Crippen LogP contribution in [0.5, 0.6) is 0 Å². The molecule has 5 heteroatoms. The summed E-state index contributed by atoms with van der Waals surface area (Å²) < 4.78 is 0. The molecule has 1 aliphatic rings. The quantitative estimate of drug-likeness (QED) is 0.386. The summed E-state index contributed by atoms with van der Waals surface area (Å²) in [5.41, 5.74) is 6.24. The minimum Gasteiger partial charge on any atom is -0.384 e. The highest BCUT2D eigenvalue weighted by Gasteiger charge is 2.10. The summed E-state index contributed by atoms with van der Waals surface area (Å²) in [6, 6.07) is 8.76. The number of oxime groups is 1. The van der Waals surface area contributed by atoms with Crippen molar-refractivity contribution in [2.75, 3.05) is 19.6 Å². The molecule has 2 rings (SSSR count). The van der Waals surface area contributed by atoms with Crippen LogP contribution in [0.15, 0.2) is 35.5 Å². The first-order valence-corrected chi connectivity index (χ1v) is 7.07. The highest BCUT2D eigenvalue weighted by Crippen LogP contribution is 2.08. The van der Waals surface area contributed by atoms with E-state index in [0.717, 1.165) is 19.6 Å². The van der Waals surface area contributed by atoms with Gasteiger partial charge in [0.1, 0.15) is 5.84 Å². The van der Waals surface area contributed by atoms with Gasteiger partial charge >= 0.3 is 5.97 Å². The highest BCUT2D eigenvalue weighted by atomic mass is 16.7. The zero-order chi connectivity index (χ0) is 14.2. The van der Waals surface area contributed by atoms with E-state index < -0.39 is 5.97 Å². The number of piperidine rings is 1. The van der Waals surface area contributed by atoms with Crippen molar-refractivity contribution in [1.82, 2.24) is 4.90 Å². The zero-order valence-electron chi connectivity index (χ0n) is 11.6. The predicted molar refractivity (Wildman–Crippen MR) is 78.4 cm³/mol. The maximum atomic E-state index is 11.7. The molecule has 1 aromatic carbocycles. The van der Waals surface area contributed by atoms with Crippen LogP contribution >= 0.6 is 0 Å². The number of nitrogens with zero attached hydrogens (tertiary/aromatic N) is 2. The van der Waals surface area contributed by atoms with Crippen molar-refractivity contribution in [3.63, 3.8) is 0 Å². The molecule has 1 fully saturated rings. The first-order valence-electron chi connectivity index (χ1n) is 7.07. The average Bonchev–Trinajstić information content (AvgIpc) is 2.52. The second-order valence-corrected chi connectivity index (χ2v) is 4.98. The maximum absolute atomic E-state index is 11.7. The molecular weight excluding hydrogens is 254 g/mol. The van der Waals surface area contributed by atoms with Crippen molar-refractivity contribution in [2.45, 2.75) is 25.7 Å². The molecular formula is C15H21N3O2. The van der Waals surface area contributed by atoms with Gasteiger partial charge in [-0.1, -0.05) is 29.8 Å². The van der Waals surface area contributed by atoms with Crippen molar-refractivity contribution in [2.24, 2.45) is 10.9 Å². The van der Waals surface area contributed by atoms with Crippen molar-refractivity contribution in [3.8, 4) is 0 Å². The largest absolute Gasteiger partial charge is 0.384 e. The predicted octanol–water partition coefficient (Wildman–Crippen LogP) is 1.99. The molecule has 0 aromatic heterocycles. The monoisotopic (exact) mass is 275 g/mol. The summed E-state index contributed by atoms with van der Waals surface area (Å²) in [6.07, 6.45) is 4.44. The van der Waals surface area contributed by atoms with Gasteiger partial charge in [-0.25, -0.2) is 4.79 Å². The second-order valence-electron chi connectivity index (χ2n) is 4.98. The fourth-order valence-electron chi connectivity index (χ4n) is 2.23. The standard InChI is InChI=1S/C15H21N3O2/c16-14(9-12-18-10-5-2-6-11-18)17-20-15(19)13-7-3-1-4-8-13/h1,3-4,7-8H,2,5-6,9-12H2,(H2,16,17). The Morgan fingerprint density at radius 2 is 1.90 bits per heavy atom. The lowest BCUT2D eigenvalue weighted by Gasteiger charge is -2.25. The van der Waals surface area contributed by atoms with E-state index in [2.05, 4.69) is 10.1 Å². The molecule has 0 bridgehead atoms. The summed E-state index contributed by atoms with van der Waals surface area (Å²) in [5, 5.41) is 3.70. The van der Waals surface area contributed by atoms with E-state index in [0.29, 0.717) is 17.8 Å². The third-order valence-corrected chi connectivity index (χ3v) is 3.39. The number of hydrogen-bond donors (Lipinski definition) is 1. The zero-order valence-corrected chi connectivity index (χ0v) is 11.6. The van der Waals surface area contributed by atoms with Gasteiger partial charge < -0.3 is 15.5 Å². The van der Waals surface area contributed by atoms with Crippen LogP contribution in [0.3, 0.4) is 0 Å². The van der Waals surface area contributed by atoms with Gasteiger partial charge in [0, 0.05) is 13.0 Å². The first kappa shape index (κ1) is 14.5. The molecule has 5 nitrogen and oxygen atoms in total. The Balaban J connectivity index is 1.74. The lowest BCUT2D eigenvalue weighted by atomic mass is 10.1. The van der Waals surface area contributed by atoms with E-state index in [9.17, 15) is 4.79 Å². The Morgan fingerprint density at radius 3 is 2.60 bits per heavy atom. The topological polar surface area (TPSA) is 67.9 Å². The minimum absolute atomic E-state index is 0.361. The lowest BCUT2D eigenvalue weighted by molar-refractivity contribution is 0.0514. The molecule has 2 N–H and O–H groups in total. The minimum atomic E-state index is -0.480. The number of carbonyl (C=O) groups is 1. The van der Waals surface area contributed by atoms with E-state index in [1.165, 1.54) is 19.3 Å². The Labute approximate surface area is 119 Å². The van der Waals surface area contributed by atoms with Crippen molar-refractivity contribution < 1.29 is 9.63 Å². The number of likely N-dealkylation sites (tertiary alicyclic amines) is 1. The summed E-state index contributed by atoms with van der Waals surface area (Å²) in [5.74, 6) is -0.119. The van der Waals surface area contributed by atoms with Gasteiger partial charge in [0.2, 0.25) is 0 Å². The summed E-state index contributed by atoms with van der Waals surface area (Å²) in [6.45, 7) is 3.12. The summed E-state index contributed by atoms with van der Waals surface area (Å²) in [4.78, 5) is 18.9. The van der Waals surface area contributed by atoms with Crippen LogP contribution < -0.4 is 5.73 Å². The smallest absolute Gasteiger partial charge is 0.365 e. The molecule has 0 aliphatic carbocycles. The van der Waals surface area contributed by atoms with Gasteiger partial charge in [-0.2, -0.15) is 0 Å². The van der Waals surface area contributed by atoms with Gasteiger partial charge in [-0.3, -0.25) is 0 Å². The molecule has 0 unspecified atom stereocenters. The first-order chi connectivity index (χ1) is 9.75. The molecule has 0 amide bonds. The Kier molecular flexibility index (Phi) is 5.55. The van der Waals surface area contributed by atoms with Crippen LogP contribution in [0.4, 0.5) is 0 Å². The molecule has 108 valence electrons. The number of carbonyl (C=O) groups excluding carboxylic acids is 1. The van der Waals surface area contributed by atoms with Gasteiger partial charge in [0.15, 0.2) is 0 Å². The number of amidine groups is 1. The molecule has 20 heavy (non-hydrogen) atoms. The van der Waals surface area contributed by atoms with Crippen LogP contribution in [0.25, 0.3) is 0 Å². The van der Waals surface area contributed by atoms with Gasteiger partial charge in [-0.15, -0.1) is 0 Å². The van der Waals surface area contributed by atoms with Crippen molar-refractivity contribution in [1.29, 1.82) is 0 Å². The van der Waals surface area contributed by atoms with E-state index in [4.69, 9.17) is 10.6 Å². The van der Waals surface area contributed by atoms with E-state index >= 15 is 0 Å². The Morgan fingerprint density at radius 1 is 1.20 bits per heavy atom. The number of rotatable bonds is 5. The molecule has 0 radical (unpaired) electrons. The molecule has 1 aliphatic heterocycles. The number of nitrogens with two attached hydrogens (primary N) is 1. The second kappa shape index (κ2) is 7.65. The molecule has 0 saturated carbocycles. The van der Waals surface area contributed by atoms with E-state index in [-0.39, 0.29) is 0 Å². The summed E-state index contributed by atoms with van der Waals surface area (Å²) >= 11 is 0. The van der Waals surface area contributed by atoms with Crippen LogP contribution in [-0.2, 0) is 4.84 Å². The van der Waals surface area contributed by atoms with Gasteiger partial charge in [0.25, 0.3) is 0 Å². The average molecular weight is 275 g/mol.